The van der Waals surface area contributed by atoms with Crippen LogP contribution in [0.2, 0.25) is 0 Å². The van der Waals surface area contributed by atoms with Gasteiger partial charge in [-0.1, -0.05) is 36.1 Å². The van der Waals surface area contributed by atoms with Gasteiger partial charge in [-0.2, -0.15) is 0 Å². The summed E-state index contributed by atoms with van der Waals surface area (Å²) in [6.45, 7) is 0.512. The van der Waals surface area contributed by atoms with Crippen molar-refractivity contribution in [3.05, 3.63) is 29.8 Å². The average Bonchev–Trinajstić information content (AvgIpc) is 2.42. The number of hydrogen-bond donors (Lipinski definition) is 1. The van der Waals surface area contributed by atoms with Crippen LogP contribution in [-0.2, 0) is 11.3 Å². The molecule has 0 radical (unpaired) electrons. The molecule has 104 valence electrons. The fourth-order valence-corrected chi connectivity index (χ4v) is 2.04. The number of amides is 1. The Labute approximate surface area is 123 Å². The highest BCUT2D eigenvalue weighted by Crippen LogP contribution is 2.11. The first-order valence-corrected chi connectivity index (χ1v) is 7.16. The maximum absolute atomic E-state index is 11.6. The van der Waals surface area contributed by atoms with Crippen molar-refractivity contribution >= 4 is 34.2 Å². The van der Waals surface area contributed by atoms with Crippen LogP contribution in [-0.4, -0.2) is 42.1 Å². The number of carbonyl (C=O) groups excluding carboxylic acids is 1. The maximum Gasteiger partial charge on any atom is 0.230 e. The van der Waals surface area contributed by atoms with Gasteiger partial charge in [-0.05, 0) is 17.7 Å². The van der Waals surface area contributed by atoms with E-state index in [9.17, 15) is 4.79 Å². The predicted octanol–water partition coefficient (Wildman–Crippen LogP) is 1.89. The number of methoxy groups -OCH3 is 1. The smallest absolute Gasteiger partial charge is 0.230 e. The molecule has 1 rings (SSSR count). The zero-order valence-corrected chi connectivity index (χ0v) is 12.9. The van der Waals surface area contributed by atoms with Crippen LogP contribution in [0.4, 0.5) is 0 Å². The van der Waals surface area contributed by atoms with Crippen molar-refractivity contribution in [2.45, 2.75) is 6.54 Å². The van der Waals surface area contributed by atoms with Crippen molar-refractivity contribution < 1.29 is 9.53 Å². The highest BCUT2D eigenvalue weighted by Gasteiger charge is 2.05. The topological polar surface area (TPSA) is 41.6 Å². The van der Waals surface area contributed by atoms with Crippen molar-refractivity contribution in [3.63, 3.8) is 0 Å². The van der Waals surface area contributed by atoms with Gasteiger partial charge in [0.15, 0.2) is 0 Å². The van der Waals surface area contributed by atoms with Crippen LogP contribution < -0.4 is 10.1 Å². The van der Waals surface area contributed by atoms with E-state index in [-0.39, 0.29) is 5.91 Å². The van der Waals surface area contributed by atoms with Gasteiger partial charge in [0.2, 0.25) is 5.91 Å². The summed E-state index contributed by atoms with van der Waals surface area (Å²) >= 11 is 6.46. The lowest BCUT2D eigenvalue weighted by Crippen LogP contribution is -2.26. The molecule has 4 nitrogen and oxygen atoms in total. The van der Waals surface area contributed by atoms with Crippen LogP contribution in [0.1, 0.15) is 5.56 Å². The second kappa shape index (κ2) is 8.01. The van der Waals surface area contributed by atoms with Crippen molar-refractivity contribution in [1.29, 1.82) is 0 Å². The lowest BCUT2D eigenvalue weighted by Gasteiger charge is -2.12. The van der Waals surface area contributed by atoms with Gasteiger partial charge in [-0.3, -0.25) is 4.79 Å². The number of thiocarbonyl (C=S) groups is 1. The second-order valence-corrected chi connectivity index (χ2v) is 5.68. The zero-order chi connectivity index (χ0) is 14.3. The largest absolute Gasteiger partial charge is 0.497 e. The van der Waals surface area contributed by atoms with Gasteiger partial charge >= 0.3 is 0 Å². The summed E-state index contributed by atoms with van der Waals surface area (Å²) in [7, 11) is 5.36. The standard InChI is InChI=1S/C13H18N2O2S2/c1-15(2)13(18)19-9-12(16)14-8-10-4-6-11(17-3)7-5-10/h4-7H,8-9H2,1-3H3,(H,14,16). The van der Waals surface area contributed by atoms with Gasteiger partial charge in [-0.25, -0.2) is 0 Å². The Morgan fingerprint density at radius 2 is 2.00 bits per heavy atom. The van der Waals surface area contributed by atoms with Gasteiger partial charge < -0.3 is 15.0 Å². The molecular formula is C13H18N2O2S2. The molecule has 0 saturated heterocycles. The van der Waals surface area contributed by atoms with Gasteiger partial charge in [0.1, 0.15) is 10.1 Å². The molecule has 1 aromatic rings. The molecule has 0 aromatic heterocycles. The molecule has 6 heteroatoms. The maximum atomic E-state index is 11.6. The van der Waals surface area contributed by atoms with E-state index in [0.29, 0.717) is 16.6 Å². The molecule has 0 unspecified atom stereocenters. The quantitative estimate of drug-likeness (QED) is 0.841. The second-order valence-electron chi connectivity index (χ2n) is 4.07. The summed E-state index contributed by atoms with van der Waals surface area (Å²) in [4.78, 5) is 13.4. The number of carbonyl (C=O) groups is 1. The van der Waals surface area contributed by atoms with E-state index in [1.165, 1.54) is 11.8 Å². The molecule has 0 aliphatic rings. The van der Waals surface area contributed by atoms with E-state index in [0.717, 1.165) is 11.3 Å². The Balaban J connectivity index is 2.31. The molecule has 0 aliphatic carbocycles. The number of benzene rings is 1. The summed E-state index contributed by atoms with van der Waals surface area (Å²) in [5.74, 6) is 1.12. The minimum absolute atomic E-state index is 0.0231. The Hall–Kier alpha value is -1.27. The minimum atomic E-state index is -0.0231. The fraction of sp³-hybridized carbons (Fsp3) is 0.385. The van der Waals surface area contributed by atoms with Gasteiger partial charge in [-0.15, -0.1) is 0 Å². The molecule has 0 saturated carbocycles. The third-order valence-corrected chi connectivity index (χ3v) is 4.08. The van der Waals surface area contributed by atoms with E-state index in [2.05, 4.69) is 5.32 Å². The van der Waals surface area contributed by atoms with Crippen LogP contribution in [0.15, 0.2) is 24.3 Å². The van der Waals surface area contributed by atoms with Gasteiger partial charge in [0.05, 0.1) is 12.9 Å². The van der Waals surface area contributed by atoms with Gasteiger partial charge in [0, 0.05) is 20.6 Å². The molecule has 0 atom stereocenters. The van der Waals surface area contributed by atoms with E-state index < -0.39 is 0 Å². The third kappa shape index (κ3) is 5.94. The Morgan fingerprint density at radius 1 is 1.37 bits per heavy atom. The Bertz CT molecular complexity index is 433. The van der Waals surface area contributed by atoms with E-state index >= 15 is 0 Å². The summed E-state index contributed by atoms with van der Waals surface area (Å²) in [5.41, 5.74) is 1.04. The summed E-state index contributed by atoms with van der Waals surface area (Å²) in [6, 6.07) is 7.60. The van der Waals surface area contributed by atoms with Crippen molar-refractivity contribution in [2.24, 2.45) is 0 Å². The molecule has 19 heavy (non-hydrogen) atoms. The van der Waals surface area contributed by atoms with E-state index in [4.69, 9.17) is 17.0 Å². The predicted molar refractivity (Wildman–Crippen MR) is 83.6 cm³/mol. The van der Waals surface area contributed by atoms with E-state index in [1.54, 1.807) is 7.11 Å². The molecule has 0 fully saturated rings. The monoisotopic (exact) mass is 298 g/mol. The number of rotatable bonds is 5. The first kappa shape index (κ1) is 15.8. The number of nitrogens with one attached hydrogen (secondary N) is 1. The molecule has 1 N–H and O–H groups in total. The number of nitrogens with zero attached hydrogens (tertiary/aromatic N) is 1. The number of hydrogen-bond acceptors (Lipinski definition) is 4. The highest BCUT2D eigenvalue weighted by atomic mass is 32.2. The first-order valence-electron chi connectivity index (χ1n) is 5.76. The van der Waals surface area contributed by atoms with Gasteiger partial charge in [0.25, 0.3) is 0 Å². The fourth-order valence-electron chi connectivity index (χ4n) is 1.25. The van der Waals surface area contributed by atoms with Crippen molar-refractivity contribution in [3.8, 4) is 5.75 Å². The molecule has 0 spiro atoms. The van der Waals surface area contributed by atoms with Crippen LogP contribution >= 0.6 is 24.0 Å². The van der Waals surface area contributed by atoms with Crippen molar-refractivity contribution in [2.75, 3.05) is 27.0 Å². The molecule has 1 aromatic carbocycles. The first-order chi connectivity index (χ1) is 9.02. The molecule has 1 amide bonds. The summed E-state index contributed by atoms with van der Waals surface area (Å²) in [5, 5.41) is 2.85. The average molecular weight is 298 g/mol. The third-order valence-electron chi connectivity index (χ3n) is 2.34. The van der Waals surface area contributed by atoms with Crippen LogP contribution in [0.5, 0.6) is 5.75 Å². The molecular weight excluding hydrogens is 280 g/mol. The van der Waals surface area contributed by atoms with Crippen LogP contribution in [0, 0.1) is 0 Å². The number of ether oxygens (including phenoxy) is 1. The van der Waals surface area contributed by atoms with Crippen LogP contribution in [0.25, 0.3) is 0 Å². The Morgan fingerprint density at radius 3 is 2.53 bits per heavy atom. The lowest BCUT2D eigenvalue weighted by atomic mass is 10.2. The lowest BCUT2D eigenvalue weighted by molar-refractivity contribution is -0.118. The SMILES string of the molecule is COc1ccc(CNC(=O)CSC(=S)N(C)C)cc1. The van der Waals surface area contributed by atoms with E-state index in [1.807, 2.05) is 43.3 Å². The normalized spacial score (nSPS) is 9.84. The highest BCUT2D eigenvalue weighted by molar-refractivity contribution is 8.23. The molecule has 0 bridgehead atoms. The summed E-state index contributed by atoms with van der Waals surface area (Å²) in [6.07, 6.45) is 0. The molecule has 0 heterocycles. The minimum Gasteiger partial charge on any atom is -0.497 e. The molecule has 0 aliphatic heterocycles. The number of thioether (sulfide) groups is 1. The van der Waals surface area contributed by atoms with Crippen LogP contribution in [0.3, 0.4) is 0 Å². The Kier molecular flexibility index (Phi) is 6.66. The summed E-state index contributed by atoms with van der Waals surface area (Å²) < 4.78 is 5.78. The van der Waals surface area contributed by atoms with Crippen molar-refractivity contribution in [1.82, 2.24) is 10.2 Å². The zero-order valence-electron chi connectivity index (χ0n) is 11.3.